The van der Waals surface area contributed by atoms with Crippen molar-refractivity contribution in [2.75, 3.05) is 7.11 Å². The average molecular weight is 591 g/mol. The lowest BCUT2D eigenvalue weighted by atomic mass is 9.90. The summed E-state index contributed by atoms with van der Waals surface area (Å²) in [6, 6.07) is 6.33. The van der Waals surface area contributed by atoms with Crippen LogP contribution in [0, 0.1) is 0 Å². The normalized spacial score (nSPS) is 31.8. The van der Waals surface area contributed by atoms with Gasteiger partial charge >= 0.3 is 0 Å². The van der Waals surface area contributed by atoms with Gasteiger partial charge in [0.05, 0.1) is 18.8 Å². The second kappa shape index (κ2) is 11.1. The number of aliphatic hydroxyl groups is 4. The van der Waals surface area contributed by atoms with E-state index in [1.54, 1.807) is 0 Å². The highest BCUT2D eigenvalue weighted by Gasteiger charge is 2.50. The molecule has 226 valence electrons. The maximum atomic E-state index is 13.2. The molecule has 5 rings (SSSR count). The van der Waals surface area contributed by atoms with Gasteiger partial charge in [-0.15, -0.1) is 0 Å². The molecule has 0 amide bonds. The first-order chi connectivity index (χ1) is 19.8. The molecule has 2 aliphatic rings. The molecule has 0 radical (unpaired) electrons. The van der Waals surface area contributed by atoms with Crippen LogP contribution in [0.1, 0.15) is 25.5 Å². The number of hydrogen-bond acceptors (Lipinski definition) is 14. The summed E-state index contributed by atoms with van der Waals surface area (Å²) < 4.78 is 27.7. The minimum atomic E-state index is -1.91. The van der Waals surface area contributed by atoms with Crippen LogP contribution in [0.3, 0.4) is 0 Å². The van der Waals surface area contributed by atoms with Crippen molar-refractivity contribution >= 4 is 16.8 Å². The van der Waals surface area contributed by atoms with Crippen LogP contribution in [0.4, 0.5) is 0 Å². The van der Waals surface area contributed by atoms with Gasteiger partial charge < -0.3 is 59.1 Å². The van der Waals surface area contributed by atoms with E-state index >= 15 is 0 Å². The molecule has 14 heteroatoms. The van der Waals surface area contributed by atoms with Gasteiger partial charge in [-0.05, 0) is 32.0 Å². The van der Waals surface area contributed by atoms with Gasteiger partial charge in [0.2, 0.25) is 0 Å². The van der Waals surface area contributed by atoms with E-state index in [0.29, 0.717) is 5.56 Å². The van der Waals surface area contributed by atoms with Crippen molar-refractivity contribution in [3.8, 4) is 34.3 Å². The standard InChI is InChI=1S/C28H30O14/c1-9-21(33)24(36)27(42-28-25(37)23(35)20(32)10(2)40-28)26(39-9)19-14(31)8-17-18(22(19)34)13(30)7-15(41-17)11-4-5-12(29)16(6-11)38-3/h4-10,20,23-29,31-32,34-37H,1-3H3/t9?,10?,20-,23-,24-,25?,26+,27?,28-/m0/s1. The van der Waals surface area contributed by atoms with Crippen molar-refractivity contribution in [3.05, 3.63) is 46.1 Å². The van der Waals surface area contributed by atoms with E-state index in [-0.39, 0.29) is 28.2 Å². The molecular weight excluding hydrogens is 560 g/mol. The number of aromatic hydroxyl groups is 3. The van der Waals surface area contributed by atoms with Crippen molar-refractivity contribution < 1.29 is 63.9 Å². The number of ether oxygens (including phenoxy) is 4. The quantitative estimate of drug-likeness (QED) is 0.211. The number of benzene rings is 2. The topological polar surface area (TPSA) is 226 Å². The first kappa shape index (κ1) is 29.7. The summed E-state index contributed by atoms with van der Waals surface area (Å²) in [6.07, 6.45) is -14.1. The highest BCUT2D eigenvalue weighted by Crippen LogP contribution is 2.45. The largest absolute Gasteiger partial charge is 0.507 e. The number of phenols is 3. The van der Waals surface area contributed by atoms with Crippen molar-refractivity contribution in [2.45, 2.75) is 69.0 Å². The summed E-state index contributed by atoms with van der Waals surface area (Å²) in [5.74, 6) is -2.25. The summed E-state index contributed by atoms with van der Waals surface area (Å²) in [7, 11) is 1.34. The van der Waals surface area contributed by atoms with Crippen LogP contribution in [0.25, 0.3) is 22.3 Å². The molecule has 1 aromatic heterocycles. The van der Waals surface area contributed by atoms with Crippen LogP contribution in [-0.2, 0) is 19.0 Å². The fourth-order valence-electron chi connectivity index (χ4n) is 5.15. The maximum absolute atomic E-state index is 13.2. The summed E-state index contributed by atoms with van der Waals surface area (Å²) in [6.45, 7) is 2.72. The molecule has 4 unspecified atom stereocenters. The fourth-order valence-corrected chi connectivity index (χ4v) is 5.15. The third-order valence-electron chi connectivity index (χ3n) is 7.51. The van der Waals surface area contributed by atoms with Gasteiger partial charge in [0.15, 0.2) is 29.0 Å². The minimum Gasteiger partial charge on any atom is -0.507 e. The number of ketones is 1. The van der Waals surface area contributed by atoms with Crippen molar-refractivity contribution in [3.63, 3.8) is 0 Å². The number of methoxy groups -OCH3 is 1. The van der Waals surface area contributed by atoms with Gasteiger partial charge in [0.25, 0.3) is 0 Å². The number of carbonyl (C=O) groups excluding carboxylic acids is 1. The molecule has 2 aliphatic heterocycles. The van der Waals surface area contributed by atoms with Crippen LogP contribution in [0.5, 0.6) is 23.0 Å². The number of rotatable bonds is 5. The van der Waals surface area contributed by atoms with Crippen molar-refractivity contribution in [2.24, 2.45) is 0 Å². The summed E-state index contributed by atoms with van der Waals surface area (Å²) in [5.41, 5.74) is -1.03. The number of carbonyl (C=O) groups is 1. The molecule has 0 aliphatic carbocycles. The third-order valence-corrected chi connectivity index (χ3v) is 7.51. The number of aliphatic hydroxyl groups excluding tert-OH is 4. The van der Waals surface area contributed by atoms with Crippen LogP contribution in [0.2, 0.25) is 0 Å². The Kier molecular flexibility index (Phi) is 7.89. The van der Waals surface area contributed by atoms with Gasteiger partial charge in [-0.1, -0.05) is 0 Å². The molecule has 9 atom stereocenters. The second-order valence-corrected chi connectivity index (χ2v) is 10.2. The van der Waals surface area contributed by atoms with Gasteiger partial charge in [0.1, 0.15) is 71.0 Å². The van der Waals surface area contributed by atoms with Crippen LogP contribution in [-0.4, -0.2) is 97.7 Å². The van der Waals surface area contributed by atoms with E-state index in [2.05, 4.69) is 0 Å². The van der Waals surface area contributed by atoms with Gasteiger partial charge in [-0.2, -0.15) is 0 Å². The summed E-state index contributed by atoms with van der Waals surface area (Å²) in [4.78, 5) is 25.9. The van der Waals surface area contributed by atoms with Crippen molar-refractivity contribution in [1.82, 2.24) is 0 Å². The Morgan fingerprint density at radius 2 is 1.57 bits per heavy atom. The zero-order valence-corrected chi connectivity index (χ0v) is 22.6. The van der Waals surface area contributed by atoms with Gasteiger partial charge in [0, 0.05) is 17.7 Å². The molecule has 3 heterocycles. The van der Waals surface area contributed by atoms with E-state index in [4.69, 9.17) is 23.4 Å². The Morgan fingerprint density at radius 1 is 0.857 bits per heavy atom. The molecule has 14 nitrogen and oxygen atoms in total. The monoisotopic (exact) mass is 590 g/mol. The molecule has 2 saturated heterocycles. The molecule has 42 heavy (non-hydrogen) atoms. The van der Waals surface area contributed by atoms with Crippen LogP contribution in [0.15, 0.2) is 39.5 Å². The van der Waals surface area contributed by atoms with Gasteiger partial charge in [-0.3, -0.25) is 9.59 Å². The van der Waals surface area contributed by atoms with Crippen LogP contribution >= 0.6 is 0 Å². The summed E-state index contributed by atoms with van der Waals surface area (Å²) >= 11 is 0. The van der Waals surface area contributed by atoms with Gasteiger partial charge in [-0.25, -0.2) is 0 Å². The Labute approximate surface area is 237 Å². The Morgan fingerprint density at radius 3 is 2.26 bits per heavy atom. The Balaban J connectivity index is 1.58. The van der Waals surface area contributed by atoms with E-state index in [1.165, 1.54) is 39.2 Å². The lowest BCUT2D eigenvalue weighted by molar-refractivity contribution is -0.323. The summed E-state index contributed by atoms with van der Waals surface area (Å²) in [5, 5.41) is 73.2. The number of phenolic OH excluding ortho intramolecular Hbond substituents is 3. The second-order valence-electron chi connectivity index (χ2n) is 10.2. The van der Waals surface area contributed by atoms with Crippen molar-refractivity contribution in [1.29, 1.82) is 0 Å². The predicted molar refractivity (Wildman–Crippen MR) is 141 cm³/mol. The molecule has 0 saturated carbocycles. The highest BCUT2D eigenvalue weighted by molar-refractivity contribution is 5.90. The third kappa shape index (κ3) is 4.96. The van der Waals surface area contributed by atoms with Crippen LogP contribution < -0.4 is 10.2 Å². The number of Topliss-reactive ketones (excluding diaryl/α,β-unsaturated/α-hetero) is 1. The maximum Gasteiger partial charge on any atom is 0.197 e. The first-order valence-corrected chi connectivity index (χ1v) is 13.0. The number of fused-ring (bicyclic) bond motifs is 1. The average Bonchev–Trinajstić information content (AvgIpc) is 2.95. The molecule has 2 fully saturated rings. The van der Waals surface area contributed by atoms with E-state index in [1.807, 2.05) is 0 Å². The lowest BCUT2D eigenvalue weighted by Crippen LogP contribution is -2.60. The first-order valence-electron chi connectivity index (χ1n) is 13.0. The minimum absolute atomic E-state index is 0.0282. The number of hydrogen-bond donors (Lipinski definition) is 7. The Bertz CT molecular complexity index is 1570. The smallest absolute Gasteiger partial charge is 0.197 e. The zero-order chi connectivity index (χ0) is 30.6. The van der Waals surface area contributed by atoms with E-state index < -0.39 is 83.4 Å². The highest BCUT2D eigenvalue weighted by atomic mass is 16.7. The van der Waals surface area contributed by atoms with E-state index in [0.717, 1.165) is 12.1 Å². The molecular formula is C28H30O14. The molecule has 0 bridgehead atoms. The molecule has 2 aromatic carbocycles. The van der Waals surface area contributed by atoms with E-state index in [9.17, 15) is 45.3 Å². The molecule has 3 aromatic rings. The lowest BCUT2D eigenvalue weighted by Gasteiger charge is -2.44. The predicted octanol–water partition coefficient (Wildman–Crippen LogP) is 0.188. The SMILES string of the molecule is COc1cc(-c2cc(=O)c3c(O)c([C@H]4OC(C)C(=O)[C@H](O)C4O[C@@H]4OC(C)[C@H](O)[C@H](O)C4O)c(O)cc3o2)ccc1O. The Hall–Kier alpha value is -3.76. The molecule has 7 N–H and O–H groups in total. The fraction of sp³-hybridized carbons (Fsp3) is 0.429. The molecule has 0 spiro atoms. The zero-order valence-electron chi connectivity index (χ0n) is 22.6.